The summed E-state index contributed by atoms with van der Waals surface area (Å²) in [4.78, 5) is 26.1. The van der Waals surface area contributed by atoms with Crippen LogP contribution in [0.5, 0.6) is 0 Å². The lowest BCUT2D eigenvalue weighted by atomic mass is 10.2. The van der Waals surface area contributed by atoms with E-state index in [1.165, 1.54) is 5.56 Å². The molecule has 1 aliphatic rings. The molecule has 2 heterocycles. The Kier molecular flexibility index (Phi) is 6.40. The molecule has 0 atom stereocenters. The van der Waals surface area contributed by atoms with Crippen LogP contribution in [0.25, 0.3) is 0 Å². The number of amides is 1. The van der Waals surface area contributed by atoms with Crippen LogP contribution in [0, 0.1) is 12.8 Å². The molecule has 3 rings (SSSR count). The zero-order valence-electron chi connectivity index (χ0n) is 16.5. The monoisotopic (exact) mass is 367 g/mol. The Balaban J connectivity index is 1.61. The molecule has 0 unspecified atom stereocenters. The van der Waals surface area contributed by atoms with E-state index in [0.717, 1.165) is 38.4 Å². The van der Waals surface area contributed by atoms with Crippen LogP contribution < -0.4 is 10.2 Å². The number of piperazine rings is 1. The summed E-state index contributed by atoms with van der Waals surface area (Å²) in [5, 5.41) is 2.93. The van der Waals surface area contributed by atoms with Crippen molar-refractivity contribution >= 4 is 11.9 Å². The van der Waals surface area contributed by atoms with E-state index >= 15 is 0 Å². The van der Waals surface area contributed by atoms with Gasteiger partial charge in [0.2, 0.25) is 5.95 Å². The van der Waals surface area contributed by atoms with Crippen LogP contribution in [-0.4, -0.2) is 53.5 Å². The van der Waals surface area contributed by atoms with Gasteiger partial charge in [0.1, 0.15) is 5.69 Å². The van der Waals surface area contributed by atoms with Gasteiger partial charge < -0.3 is 10.2 Å². The van der Waals surface area contributed by atoms with E-state index in [9.17, 15) is 4.79 Å². The van der Waals surface area contributed by atoms with Crippen molar-refractivity contribution in [2.24, 2.45) is 5.92 Å². The number of hydrogen-bond acceptors (Lipinski definition) is 5. The quantitative estimate of drug-likeness (QED) is 0.850. The van der Waals surface area contributed by atoms with E-state index in [4.69, 9.17) is 0 Å². The van der Waals surface area contributed by atoms with Crippen LogP contribution >= 0.6 is 0 Å². The summed E-state index contributed by atoms with van der Waals surface area (Å²) in [6, 6.07) is 12.3. The van der Waals surface area contributed by atoms with E-state index in [0.29, 0.717) is 24.1 Å². The average Bonchev–Trinajstić information content (AvgIpc) is 2.67. The maximum atomic E-state index is 12.4. The summed E-state index contributed by atoms with van der Waals surface area (Å²) in [6.45, 7) is 11.3. The van der Waals surface area contributed by atoms with Gasteiger partial charge in [0, 0.05) is 45.0 Å². The van der Waals surface area contributed by atoms with Gasteiger partial charge >= 0.3 is 0 Å². The molecule has 6 nitrogen and oxygen atoms in total. The molecule has 0 saturated carbocycles. The van der Waals surface area contributed by atoms with E-state index in [1.54, 1.807) is 6.07 Å². The van der Waals surface area contributed by atoms with Crippen LogP contribution in [0.2, 0.25) is 0 Å². The van der Waals surface area contributed by atoms with Gasteiger partial charge in [-0.3, -0.25) is 9.69 Å². The minimum atomic E-state index is -0.127. The zero-order chi connectivity index (χ0) is 19.2. The first kappa shape index (κ1) is 19.3. The summed E-state index contributed by atoms with van der Waals surface area (Å²) in [6.07, 6.45) is 0. The predicted molar refractivity (Wildman–Crippen MR) is 108 cm³/mol. The Morgan fingerprint density at radius 3 is 2.48 bits per heavy atom. The van der Waals surface area contributed by atoms with Gasteiger partial charge in [-0.25, -0.2) is 9.97 Å². The Labute approximate surface area is 161 Å². The highest BCUT2D eigenvalue weighted by Gasteiger charge is 2.21. The fraction of sp³-hybridized carbons (Fsp3) is 0.476. The number of rotatable bonds is 6. The molecule has 1 aliphatic heterocycles. The summed E-state index contributed by atoms with van der Waals surface area (Å²) in [5.41, 5.74) is 2.60. The number of benzene rings is 1. The van der Waals surface area contributed by atoms with Crippen LogP contribution in [0.1, 0.15) is 35.6 Å². The lowest BCUT2D eigenvalue weighted by Crippen LogP contribution is -2.46. The van der Waals surface area contributed by atoms with Crippen molar-refractivity contribution in [1.29, 1.82) is 0 Å². The van der Waals surface area contributed by atoms with Gasteiger partial charge in [-0.1, -0.05) is 44.2 Å². The van der Waals surface area contributed by atoms with Crippen molar-refractivity contribution in [3.8, 4) is 0 Å². The molecule has 0 spiro atoms. The molecule has 144 valence electrons. The van der Waals surface area contributed by atoms with E-state index in [2.05, 4.69) is 63.2 Å². The van der Waals surface area contributed by atoms with E-state index in [1.807, 2.05) is 13.0 Å². The van der Waals surface area contributed by atoms with Gasteiger partial charge in [-0.05, 0) is 24.5 Å². The highest BCUT2D eigenvalue weighted by Crippen LogP contribution is 2.15. The molecule has 6 heteroatoms. The lowest BCUT2D eigenvalue weighted by Gasteiger charge is -2.34. The number of carbonyl (C=O) groups is 1. The molecule has 1 amide bonds. The topological polar surface area (TPSA) is 61.4 Å². The molecule has 0 radical (unpaired) electrons. The second-order valence-corrected chi connectivity index (χ2v) is 7.55. The molecule has 1 aromatic carbocycles. The third-order valence-electron chi connectivity index (χ3n) is 4.65. The second-order valence-electron chi connectivity index (χ2n) is 7.55. The summed E-state index contributed by atoms with van der Waals surface area (Å²) >= 11 is 0. The normalized spacial score (nSPS) is 15.2. The molecule has 1 N–H and O–H groups in total. The van der Waals surface area contributed by atoms with Crippen LogP contribution in [-0.2, 0) is 6.54 Å². The average molecular weight is 367 g/mol. The third kappa shape index (κ3) is 5.50. The first-order chi connectivity index (χ1) is 13.0. The minimum absolute atomic E-state index is 0.127. The zero-order valence-corrected chi connectivity index (χ0v) is 16.5. The second kappa shape index (κ2) is 8.95. The summed E-state index contributed by atoms with van der Waals surface area (Å²) < 4.78 is 0. The molecular weight excluding hydrogens is 338 g/mol. The van der Waals surface area contributed by atoms with E-state index < -0.39 is 0 Å². The summed E-state index contributed by atoms with van der Waals surface area (Å²) in [5.74, 6) is 0.941. The van der Waals surface area contributed by atoms with Gasteiger partial charge in [0.15, 0.2) is 0 Å². The minimum Gasteiger partial charge on any atom is -0.350 e. The maximum Gasteiger partial charge on any atom is 0.270 e. The lowest BCUT2D eigenvalue weighted by molar-refractivity contribution is 0.0943. The van der Waals surface area contributed by atoms with Crippen molar-refractivity contribution in [2.45, 2.75) is 27.3 Å². The molecule has 27 heavy (non-hydrogen) atoms. The van der Waals surface area contributed by atoms with Gasteiger partial charge in [-0.15, -0.1) is 0 Å². The van der Waals surface area contributed by atoms with Crippen molar-refractivity contribution in [1.82, 2.24) is 20.2 Å². The molecule has 1 fully saturated rings. The van der Waals surface area contributed by atoms with Crippen molar-refractivity contribution < 1.29 is 4.79 Å². The fourth-order valence-corrected chi connectivity index (χ4v) is 3.15. The number of aromatic nitrogens is 2. The molecule has 0 bridgehead atoms. The van der Waals surface area contributed by atoms with Gasteiger partial charge in [0.25, 0.3) is 5.91 Å². The number of anilines is 1. The molecule has 2 aromatic rings. The van der Waals surface area contributed by atoms with E-state index in [-0.39, 0.29) is 5.91 Å². The maximum absolute atomic E-state index is 12.4. The molecule has 1 aromatic heterocycles. The molecular formula is C21H29N5O. The van der Waals surface area contributed by atoms with Gasteiger partial charge in [0.05, 0.1) is 0 Å². The highest BCUT2D eigenvalue weighted by molar-refractivity contribution is 5.92. The summed E-state index contributed by atoms with van der Waals surface area (Å²) in [7, 11) is 0. The van der Waals surface area contributed by atoms with Crippen LogP contribution in [0.15, 0.2) is 36.4 Å². The smallest absolute Gasteiger partial charge is 0.270 e. The number of hydrogen-bond donors (Lipinski definition) is 1. The number of aryl methyl sites for hydroxylation is 1. The fourth-order valence-electron chi connectivity index (χ4n) is 3.15. The highest BCUT2D eigenvalue weighted by atomic mass is 16.1. The van der Waals surface area contributed by atoms with Crippen molar-refractivity contribution in [3.05, 3.63) is 53.3 Å². The standard InChI is InChI=1S/C21H29N5O/c1-16(2)14-22-20(27)19-13-17(3)23-21(24-19)26-11-9-25(10-12-26)15-18-7-5-4-6-8-18/h4-8,13,16H,9-12,14-15H2,1-3H3,(H,22,27). The van der Waals surface area contributed by atoms with Gasteiger partial charge in [-0.2, -0.15) is 0 Å². The third-order valence-corrected chi connectivity index (χ3v) is 4.65. The van der Waals surface area contributed by atoms with Crippen molar-refractivity contribution in [3.63, 3.8) is 0 Å². The SMILES string of the molecule is Cc1cc(C(=O)NCC(C)C)nc(N2CCN(Cc3ccccc3)CC2)n1. The first-order valence-electron chi connectivity index (χ1n) is 9.66. The largest absolute Gasteiger partial charge is 0.350 e. The number of nitrogens with zero attached hydrogens (tertiary/aromatic N) is 4. The van der Waals surface area contributed by atoms with Crippen molar-refractivity contribution in [2.75, 3.05) is 37.6 Å². The Bertz CT molecular complexity index is 754. The Morgan fingerprint density at radius 1 is 1.11 bits per heavy atom. The Hall–Kier alpha value is -2.47. The van der Waals surface area contributed by atoms with Crippen LogP contribution in [0.3, 0.4) is 0 Å². The number of nitrogens with one attached hydrogen (secondary N) is 1. The Morgan fingerprint density at radius 2 is 1.81 bits per heavy atom. The first-order valence-corrected chi connectivity index (χ1v) is 9.66. The molecule has 1 saturated heterocycles. The number of carbonyl (C=O) groups excluding carboxylic acids is 1. The molecule has 0 aliphatic carbocycles. The predicted octanol–water partition coefficient (Wildman–Crippen LogP) is 2.49. The van der Waals surface area contributed by atoms with Crippen LogP contribution in [0.4, 0.5) is 5.95 Å².